The summed E-state index contributed by atoms with van der Waals surface area (Å²) in [6, 6.07) is 3.82. The van der Waals surface area contributed by atoms with E-state index < -0.39 is 10.0 Å². The van der Waals surface area contributed by atoms with Crippen LogP contribution in [0, 0.1) is 6.92 Å². The zero-order valence-electron chi connectivity index (χ0n) is 12.8. The van der Waals surface area contributed by atoms with E-state index in [1.807, 2.05) is 16.9 Å². The molecule has 24 heavy (non-hydrogen) atoms. The van der Waals surface area contributed by atoms with Crippen LogP contribution in [-0.2, 0) is 16.6 Å². The molecule has 0 spiro atoms. The molecule has 10 heteroatoms. The monoisotopic (exact) mass is 381 g/mol. The Morgan fingerprint density at radius 1 is 1.38 bits per heavy atom. The Bertz CT molecular complexity index is 968. The van der Waals surface area contributed by atoms with Gasteiger partial charge in [0.1, 0.15) is 16.4 Å². The third kappa shape index (κ3) is 3.14. The van der Waals surface area contributed by atoms with Gasteiger partial charge in [0.2, 0.25) is 10.0 Å². The highest BCUT2D eigenvalue weighted by Gasteiger charge is 2.27. The van der Waals surface area contributed by atoms with E-state index in [4.69, 9.17) is 0 Å². The number of hydrogen-bond acceptors (Lipinski definition) is 7. The lowest BCUT2D eigenvalue weighted by atomic mass is 10.4. The summed E-state index contributed by atoms with van der Waals surface area (Å²) in [5.41, 5.74) is 0.817. The number of rotatable bonds is 6. The van der Waals surface area contributed by atoms with Crippen molar-refractivity contribution in [2.75, 3.05) is 0 Å². The van der Waals surface area contributed by atoms with E-state index in [1.165, 1.54) is 11.3 Å². The lowest BCUT2D eigenvalue weighted by Gasteiger charge is -2.06. The third-order valence-corrected chi connectivity index (χ3v) is 7.50. The molecule has 3 aromatic rings. The Balaban J connectivity index is 1.50. The second-order valence-corrected chi connectivity index (χ2v) is 9.72. The molecule has 1 N–H and O–H groups in total. The highest BCUT2D eigenvalue weighted by atomic mass is 32.2. The van der Waals surface area contributed by atoms with E-state index in [2.05, 4.69) is 19.9 Å². The number of nitrogens with one attached hydrogen (secondary N) is 1. The minimum absolute atomic E-state index is 0.141. The van der Waals surface area contributed by atoms with Gasteiger partial charge in [0.25, 0.3) is 0 Å². The minimum Gasteiger partial charge on any atom is -0.313 e. The molecule has 0 bridgehead atoms. The molecule has 4 rings (SSSR count). The van der Waals surface area contributed by atoms with E-state index in [0.717, 1.165) is 28.4 Å². The van der Waals surface area contributed by atoms with Crippen molar-refractivity contribution in [3.8, 4) is 10.6 Å². The topological polar surface area (TPSA) is 89.8 Å². The summed E-state index contributed by atoms with van der Waals surface area (Å²) in [6.45, 7) is 2.07. The van der Waals surface area contributed by atoms with Crippen molar-refractivity contribution < 1.29 is 8.42 Å². The summed E-state index contributed by atoms with van der Waals surface area (Å²) in [4.78, 5) is 5.24. The van der Waals surface area contributed by atoms with Gasteiger partial charge in [-0.15, -0.1) is 32.9 Å². The number of aromatic nitrogens is 4. The molecule has 0 amide bonds. The van der Waals surface area contributed by atoms with Crippen LogP contribution < -0.4 is 4.72 Å². The fourth-order valence-electron chi connectivity index (χ4n) is 2.36. The van der Waals surface area contributed by atoms with Crippen LogP contribution >= 0.6 is 22.7 Å². The molecular weight excluding hydrogens is 366 g/mol. The van der Waals surface area contributed by atoms with Gasteiger partial charge in [0.05, 0.1) is 22.1 Å². The number of sulfonamides is 1. The zero-order chi connectivity index (χ0) is 16.7. The summed E-state index contributed by atoms with van der Waals surface area (Å²) in [5, 5.41) is 10.8. The zero-order valence-corrected chi connectivity index (χ0v) is 15.3. The lowest BCUT2D eigenvalue weighted by Crippen LogP contribution is -2.24. The van der Waals surface area contributed by atoms with E-state index >= 15 is 0 Å². The molecule has 3 heterocycles. The average Bonchev–Trinajstić information content (AvgIpc) is 2.96. The average molecular weight is 382 g/mol. The van der Waals surface area contributed by atoms with E-state index in [-0.39, 0.29) is 10.8 Å². The van der Waals surface area contributed by atoms with Crippen molar-refractivity contribution >= 4 is 32.7 Å². The van der Waals surface area contributed by atoms with Crippen molar-refractivity contribution in [3.05, 3.63) is 34.7 Å². The SMILES string of the molecule is Cc1nc(-c2ccc(S(=O)(=O)NCc3nncn3C3CC3)s2)cs1. The standard InChI is InChI=1S/C14H15N5O2S3/c1-9-17-11(7-22-9)12-4-5-14(23-12)24(20,21)16-6-13-18-15-8-19(13)10-2-3-10/h4-5,7-8,10,16H,2-3,6H2,1H3. The molecule has 1 aliphatic rings. The lowest BCUT2D eigenvalue weighted by molar-refractivity contribution is 0.576. The first-order valence-electron chi connectivity index (χ1n) is 7.43. The fourth-order valence-corrected chi connectivity index (χ4v) is 5.34. The first-order chi connectivity index (χ1) is 11.5. The van der Waals surface area contributed by atoms with Gasteiger partial charge in [-0.3, -0.25) is 0 Å². The van der Waals surface area contributed by atoms with Crippen LogP contribution in [-0.4, -0.2) is 28.2 Å². The molecule has 1 saturated carbocycles. The second kappa shape index (κ2) is 6.03. The Labute approximate surface area is 147 Å². The smallest absolute Gasteiger partial charge is 0.250 e. The third-order valence-electron chi connectivity index (χ3n) is 3.73. The molecule has 0 unspecified atom stereocenters. The van der Waals surface area contributed by atoms with Crippen molar-refractivity contribution in [3.63, 3.8) is 0 Å². The Kier molecular flexibility index (Phi) is 3.99. The van der Waals surface area contributed by atoms with Gasteiger partial charge in [-0.2, -0.15) is 0 Å². The molecule has 0 aliphatic heterocycles. The predicted octanol–water partition coefficient (Wildman–Crippen LogP) is 2.58. The van der Waals surface area contributed by atoms with Crippen LogP contribution in [0.25, 0.3) is 10.6 Å². The van der Waals surface area contributed by atoms with E-state index in [0.29, 0.717) is 11.9 Å². The molecule has 0 saturated heterocycles. The molecule has 1 aliphatic carbocycles. The maximum Gasteiger partial charge on any atom is 0.250 e. The Morgan fingerprint density at radius 3 is 2.92 bits per heavy atom. The van der Waals surface area contributed by atoms with Crippen molar-refractivity contribution in [2.45, 2.75) is 36.6 Å². The fraction of sp³-hybridized carbons (Fsp3) is 0.357. The van der Waals surface area contributed by atoms with Crippen LogP contribution in [0.3, 0.4) is 0 Å². The largest absolute Gasteiger partial charge is 0.313 e. The quantitative estimate of drug-likeness (QED) is 0.709. The van der Waals surface area contributed by atoms with Crippen LogP contribution in [0.4, 0.5) is 0 Å². The molecule has 7 nitrogen and oxygen atoms in total. The van der Waals surface area contributed by atoms with Gasteiger partial charge < -0.3 is 4.57 Å². The minimum atomic E-state index is -3.58. The molecular formula is C14H15N5O2S3. The first-order valence-corrected chi connectivity index (χ1v) is 10.6. The molecule has 0 atom stereocenters. The maximum atomic E-state index is 12.5. The normalized spacial score (nSPS) is 15.0. The van der Waals surface area contributed by atoms with Gasteiger partial charge in [-0.25, -0.2) is 18.1 Å². The van der Waals surface area contributed by atoms with Crippen LogP contribution in [0.1, 0.15) is 29.7 Å². The molecule has 0 aromatic carbocycles. The van der Waals surface area contributed by atoms with Gasteiger partial charge in [0.15, 0.2) is 0 Å². The Morgan fingerprint density at radius 2 is 2.21 bits per heavy atom. The number of thiazole rings is 1. The number of aryl methyl sites for hydroxylation is 1. The number of thiophene rings is 1. The number of nitrogens with zero attached hydrogens (tertiary/aromatic N) is 4. The Hall–Kier alpha value is -1.62. The summed E-state index contributed by atoms with van der Waals surface area (Å²) in [5.74, 6) is 0.646. The van der Waals surface area contributed by atoms with Crippen molar-refractivity contribution in [2.24, 2.45) is 0 Å². The van der Waals surface area contributed by atoms with Gasteiger partial charge >= 0.3 is 0 Å². The van der Waals surface area contributed by atoms with Crippen molar-refractivity contribution in [1.29, 1.82) is 0 Å². The number of hydrogen-bond donors (Lipinski definition) is 1. The molecule has 0 radical (unpaired) electrons. The predicted molar refractivity (Wildman–Crippen MR) is 92.5 cm³/mol. The highest BCUT2D eigenvalue weighted by molar-refractivity contribution is 7.91. The maximum absolute atomic E-state index is 12.5. The van der Waals surface area contributed by atoms with E-state index in [9.17, 15) is 8.42 Å². The van der Waals surface area contributed by atoms with E-state index in [1.54, 1.807) is 29.8 Å². The van der Waals surface area contributed by atoms with Gasteiger partial charge in [-0.05, 0) is 31.9 Å². The molecule has 3 aromatic heterocycles. The molecule has 1 fully saturated rings. The van der Waals surface area contributed by atoms with Crippen LogP contribution in [0.5, 0.6) is 0 Å². The summed E-state index contributed by atoms with van der Waals surface area (Å²) < 4.78 is 29.8. The van der Waals surface area contributed by atoms with Gasteiger partial charge in [-0.1, -0.05) is 0 Å². The summed E-state index contributed by atoms with van der Waals surface area (Å²) >= 11 is 2.76. The first kappa shape index (κ1) is 15.9. The summed E-state index contributed by atoms with van der Waals surface area (Å²) in [6.07, 6.45) is 3.85. The van der Waals surface area contributed by atoms with Crippen LogP contribution in [0.15, 0.2) is 28.0 Å². The van der Waals surface area contributed by atoms with Crippen LogP contribution in [0.2, 0.25) is 0 Å². The molecule has 126 valence electrons. The van der Waals surface area contributed by atoms with Crippen molar-refractivity contribution in [1.82, 2.24) is 24.5 Å². The summed E-state index contributed by atoms with van der Waals surface area (Å²) in [7, 11) is -3.58. The van der Waals surface area contributed by atoms with Gasteiger partial charge in [0, 0.05) is 11.4 Å². The second-order valence-electron chi connectivity index (χ2n) is 5.58. The highest BCUT2D eigenvalue weighted by Crippen LogP contribution is 2.35.